The van der Waals surface area contributed by atoms with E-state index in [1.165, 1.54) is 0 Å². The van der Waals surface area contributed by atoms with Crippen LogP contribution < -0.4 is 0 Å². The van der Waals surface area contributed by atoms with Crippen LogP contribution in [0.15, 0.2) is 36.5 Å². The van der Waals surface area contributed by atoms with Gasteiger partial charge in [0, 0.05) is 11.2 Å². The van der Waals surface area contributed by atoms with Gasteiger partial charge < -0.3 is 4.98 Å². The van der Waals surface area contributed by atoms with Crippen molar-refractivity contribution >= 4 is 46.6 Å². The quantitative estimate of drug-likeness (QED) is 0.676. The maximum atomic E-state index is 6.20. The largest absolute Gasteiger partial charge is 0.329 e. The maximum absolute atomic E-state index is 6.20. The monoisotopic (exact) mass is 295 g/mol. The van der Waals surface area contributed by atoms with E-state index in [1.807, 2.05) is 18.2 Å². The summed E-state index contributed by atoms with van der Waals surface area (Å²) in [5.41, 5.74) is 2.37. The fraction of sp³-hybridized carbons (Fsp3) is 0. The molecule has 0 bridgehead atoms. The van der Waals surface area contributed by atoms with Crippen molar-refractivity contribution in [1.82, 2.24) is 14.5 Å². The Hall–Kier alpha value is -1.36. The molecular weight excluding hydrogens is 289 g/mol. The second kappa shape index (κ2) is 4.39. The van der Waals surface area contributed by atoms with E-state index in [-0.39, 0.29) is 0 Å². The van der Waals surface area contributed by atoms with Crippen LogP contribution in [0.25, 0.3) is 16.9 Å². The van der Waals surface area contributed by atoms with E-state index >= 15 is 0 Å². The van der Waals surface area contributed by atoms with E-state index in [4.69, 9.17) is 35.4 Å². The molecule has 0 aliphatic rings. The molecule has 0 aliphatic carbocycles. The first kappa shape index (κ1) is 11.7. The van der Waals surface area contributed by atoms with Crippen molar-refractivity contribution < 1.29 is 0 Å². The van der Waals surface area contributed by atoms with Gasteiger partial charge in [0.1, 0.15) is 0 Å². The Morgan fingerprint density at radius 1 is 1.22 bits per heavy atom. The highest BCUT2D eigenvalue weighted by atomic mass is 35.5. The van der Waals surface area contributed by atoms with Gasteiger partial charge in [-0.05, 0) is 42.5 Å². The molecule has 3 aromatic rings. The molecule has 0 aliphatic heterocycles. The van der Waals surface area contributed by atoms with Crippen molar-refractivity contribution in [3.63, 3.8) is 0 Å². The smallest absolute Gasteiger partial charge is 0.184 e. The minimum Gasteiger partial charge on any atom is -0.329 e. The van der Waals surface area contributed by atoms with E-state index in [1.54, 1.807) is 22.9 Å². The van der Waals surface area contributed by atoms with Crippen LogP contribution in [0.4, 0.5) is 0 Å². The van der Waals surface area contributed by atoms with Gasteiger partial charge in [-0.3, -0.25) is 4.57 Å². The molecule has 2 aromatic heterocycles. The molecular formula is C12H7Cl2N3S. The third kappa shape index (κ3) is 1.82. The van der Waals surface area contributed by atoms with Gasteiger partial charge in [-0.25, -0.2) is 4.98 Å². The van der Waals surface area contributed by atoms with Gasteiger partial charge in [0.2, 0.25) is 0 Å². The molecule has 0 unspecified atom stereocenters. The Balaban J connectivity index is 2.38. The first-order valence-electron chi connectivity index (χ1n) is 5.18. The first-order chi connectivity index (χ1) is 8.66. The molecule has 1 N–H and O–H groups in total. The number of halogens is 2. The van der Waals surface area contributed by atoms with Crippen LogP contribution in [-0.4, -0.2) is 14.5 Å². The number of imidazole rings is 1. The van der Waals surface area contributed by atoms with E-state index in [0.29, 0.717) is 14.8 Å². The minimum atomic E-state index is 0.533. The van der Waals surface area contributed by atoms with Crippen LogP contribution in [-0.2, 0) is 0 Å². The van der Waals surface area contributed by atoms with Crippen molar-refractivity contribution in [3.05, 3.63) is 51.3 Å². The lowest BCUT2D eigenvalue weighted by Crippen LogP contribution is -1.96. The first-order valence-corrected chi connectivity index (χ1v) is 6.34. The second-order valence-electron chi connectivity index (χ2n) is 3.74. The van der Waals surface area contributed by atoms with Crippen molar-refractivity contribution in [2.45, 2.75) is 0 Å². The molecule has 3 rings (SSSR count). The number of H-pyrrole nitrogens is 1. The average molecular weight is 296 g/mol. The topological polar surface area (TPSA) is 33.6 Å². The number of nitrogens with one attached hydrogen (secondary N) is 1. The minimum absolute atomic E-state index is 0.533. The normalized spacial score (nSPS) is 11.0. The molecule has 0 saturated carbocycles. The fourth-order valence-electron chi connectivity index (χ4n) is 1.83. The third-order valence-corrected chi connectivity index (χ3v) is 3.42. The number of fused-ring (bicyclic) bond motifs is 1. The third-order valence-electron chi connectivity index (χ3n) is 2.59. The van der Waals surface area contributed by atoms with Crippen LogP contribution in [0.1, 0.15) is 0 Å². The summed E-state index contributed by atoms with van der Waals surface area (Å²) in [4.78, 5) is 7.41. The summed E-state index contributed by atoms with van der Waals surface area (Å²) in [5, 5.41) is 1.12. The summed E-state index contributed by atoms with van der Waals surface area (Å²) in [7, 11) is 0. The van der Waals surface area contributed by atoms with Crippen molar-refractivity contribution in [2.24, 2.45) is 0 Å². The number of aromatic nitrogens is 3. The summed E-state index contributed by atoms with van der Waals surface area (Å²) in [5.74, 6) is 0. The molecule has 0 radical (unpaired) electrons. The van der Waals surface area contributed by atoms with Gasteiger partial charge in [0.25, 0.3) is 0 Å². The number of rotatable bonds is 1. The standard InChI is InChI=1S/C12H7Cl2N3S/c13-7-3-4-10(8(14)6-7)17-11-9(16-12(17)18)2-1-5-15-11/h1-6H,(H,16,18). The summed E-state index contributed by atoms with van der Waals surface area (Å²) < 4.78 is 2.34. The Kier molecular flexibility index (Phi) is 2.86. The molecule has 0 atom stereocenters. The van der Waals surface area contributed by atoms with Crippen LogP contribution in [0.2, 0.25) is 10.0 Å². The number of hydrogen-bond donors (Lipinski definition) is 1. The molecule has 6 heteroatoms. The summed E-state index contributed by atoms with van der Waals surface area (Å²) in [6, 6.07) is 9.04. The molecule has 3 nitrogen and oxygen atoms in total. The lowest BCUT2D eigenvalue weighted by molar-refractivity contribution is 1.04. The van der Waals surface area contributed by atoms with Crippen molar-refractivity contribution in [1.29, 1.82) is 0 Å². The fourth-order valence-corrected chi connectivity index (χ4v) is 2.61. The SMILES string of the molecule is S=c1[nH]c2cccnc2n1-c1ccc(Cl)cc1Cl. The molecule has 0 fully saturated rings. The van der Waals surface area contributed by atoms with E-state index in [9.17, 15) is 0 Å². The molecule has 0 saturated heterocycles. The Labute approximate surface area is 118 Å². The maximum Gasteiger partial charge on any atom is 0.184 e. The Bertz CT molecular complexity index is 791. The predicted molar refractivity (Wildman–Crippen MR) is 76.3 cm³/mol. The van der Waals surface area contributed by atoms with Gasteiger partial charge in [0.05, 0.1) is 16.2 Å². The van der Waals surface area contributed by atoms with Crippen LogP contribution in [0, 0.1) is 4.77 Å². The lowest BCUT2D eigenvalue weighted by atomic mass is 10.3. The molecule has 0 spiro atoms. The van der Waals surface area contributed by atoms with Crippen LogP contribution >= 0.6 is 35.4 Å². The van der Waals surface area contributed by atoms with Gasteiger partial charge in [-0.1, -0.05) is 23.2 Å². The molecule has 18 heavy (non-hydrogen) atoms. The molecule has 90 valence electrons. The van der Waals surface area contributed by atoms with E-state index < -0.39 is 0 Å². The summed E-state index contributed by atoms with van der Waals surface area (Å²) in [6.07, 6.45) is 1.71. The Morgan fingerprint density at radius 3 is 2.83 bits per heavy atom. The van der Waals surface area contributed by atoms with Gasteiger partial charge in [-0.15, -0.1) is 0 Å². The average Bonchev–Trinajstić information content (AvgIpc) is 2.66. The van der Waals surface area contributed by atoms with E-state index in [0.717, 1.165) is 16.9 Å². The number of benzene rings is 1. The number of hydrogen-bond acceptors (Lipinski definition) is 2. The van der Waals surface area contributed by atoms with Crippen LogP contribution in [0.5, 0.6) is 0 Å². The lowest BCUT2D eigenvalue weighted by Gasteiger charge is -2.06. The van der Waals surface area contributed by atoms with E-state index in [2.05, 4.69) is 9.97 Å². The van der Waals surface area contributed by atoms with Gasteiger partial charge in [0.15, 0.2) is 10.4 Å². The zero-order chi connectivity index (χ0) is 12.7. The zero-order valence-corrected chi connectivity index (χ0v) is 11.4. The van der Waals surface area contributed by atoms with Gasteiger partial charge >= 0.3 is 0 Å². The van der Waals surface area contributed by atoms with Crippen LogP contribution in [0.3, 0.4) is 0 Å². The summed E-state index contributed by atoms with van der Waals surface area (Å²) >= 11 is 17.4. The molecule has 2 heterocycles. The highest BCUT2D eigenvalue weighted by Crippen LogP contribution is 2.27. The number of pyridine rings is 1. The molecule has 1 aromatic carbocycles. The number of aromatic amines is 1. The second-order valence-corrected chi connectivity index (χ2v) is 4.97. The predicted octanol–water partition coefficient (Wildman–Crippen LogP) is 4.39. The highest BCUT2D eigenvalue weighted by molar-refractivity contribution is 7.71. The van der Waals surface area contributed by atoms with Crippen molar-refractivity contribution in [3.8, 4) is 5.69 Å². The zero-order valence-electron chi connectivity index (χ0n) is 9.02. The van der Waals surface area contributed by atoms with Gasteiger partial charge in [-0.2, -0.15) is 0 Å². The van der Waals surface area contributed by atoms with Crippen molar-refractivity contribution in [2.75, 3.05) is 0 Å². The number of nitrogens with zero attached hydrogens (tertiary/aromatic N) is 2. The highest BCUT2D eigenvalue weighted by Gasteiger charge is 2.10. The Morgan fingerprint density at radius 2 is 2.06 bits per heavy atom. The summed E-state index contributed by atoms with van der Waals surface area (Å²) in [6.45, 7) is 0. The molecule has 0 amide bonds.